The van der Waals surface area contributed by atoms with Crippen molar-refractivity contribution in [2.45, 2.75) is 19.9 Å². The lowest BCUT2D eigenvalue weighted by molar-refractivity contribution is 0.761. The summed E-state index contributed by atoms with van der Waals surface area (Å²) < 4.78 is 2.29. The summed E-state index contributed by atoms with van der Waals surface area (Å²) in [7, 11) is 0. The lowest BCUT2D eigenvalue weighted by Crippen LogP contribution is -2.03. The Bertz CT molecular complexity index is 817. The maximum Gasteiger partial charge on any atom is 0.109 e. The largest absolute Gasteiger partial charge is 0.323 e. The quantitative estimate of drug-likeness (QED) is 0.755. The first-order valence-electron chi connectivity index (χ1n) is 7.02. The number of aromatic nitrogens is 2. The second kappa shape index (κ2) is 6.13. The van der Waals surface area contributed by atoms with E-state index in [-0.39, 0.29) is 0 Å². The molecule has 0 radical (unpaired) electrons. The number of hydrogen-bond donors (Lipinski definition) is 1. The summed E-state index contributed by atoms with van der Waals surface area (Å²) in [5.41, 5.74) is 8.71. The molecule has 2 N–H and O–H groups in total. The highest BCUT2D eigenvalue weighted by atomic mass is 32.1. The maximum absolute atomic E-state index is 5.41. The lowest BCUT2D eigenvalue weighted by atomic mass is 10.3. The zero-order chi connectivity index (χ0) is 14.7. The molecule has 0 amide bonds. The van der Waals surface area contributed by atoms with Gasteiger partial charge in [0, 0.05) is 22.2 Å². The van der Waals surface area contributed by atoms with Crippen LogP contribution in [0.1, 0.15) is 23.2 Å². The third-order valence-corrected chi connectivity index (χ3v) is 4.27. The number of imidazole rings is 1. The molecule has 0 spiro atoms. The number of nitrogens with two attached hydrogens (primary N) is 1. The molecule has 0 bridgehead atoms. The van der Waals surface area contributed by atoms with E-state index in [0.717, 1.165) is 29.9 Å². The molecular formula is C17H17N3S. The van der Waals surface area contributed by atoms with Crippen molar-refractivity contribution in [3.05, 3.63) is 52.0 Å². The molecule has 0 aliphatic heterocycles. The first kappa shape index (κ1) is 13.9. The van der Waals surface area contributed by atoms with Gasteiger partial charge in [0.2, 0.25) is 0 Å². The molecule has 3 aromatic rings. The van der Waals surface area contributed by atoms with Crippen LogP contribution < -0.4 is 5.73 Å². The van der Waals surface area contributed by atoms with E-state index in [1.807, 2.05) is 6.07 Å². The summed E-state index contributed by atoms with van der Waals surface area (Å²) in [4.78, 5) is 5.99. The second-order valence-electron chi connectivity index (χ2n) is 4.76. The van der Waals surface area contributed by atoms with Crippen LogP contribution in [0.15, 0.2) is 35.7 Å². The number of hydrogen-bond acceptors (Lipinski definition) is 3. The Labute approximate surface area is 128 Å². The summed E-state index contributed by atoms with van der Waals surface area (Å²) >= 11 is 1.73. The number of fused-ring (bicyclic) bond motifs is 1. The molecule has 0 fully saturated rings. The smallest absolute Gasteiger partial charge is 0.109 e. The number of aryl methyl sites for hydroxylation is 1. The molecule has 0 saturated carbocycles. The Morgan fingerprint density at radius 2 is 2.19 bits per heavy atom. The van der Waals surface area contributed by atoms with Crippen molar-refractivity contribution in [3.63, 3.8) is 0 Å². The van der Waals surface area contributed by atoms with Gasteiger partial charge in [-0.2, -0.15) is 0 Å². The van der Waals surface area contributed by atoms with Gasteiger partial charge in [-0.25, -0.2) is 4.98 Å². The SMILES string of the molecule is CCc1nc2ccccc2n1Cc1cc(C#CCN)cs1. The zero-order valence-corrected chi connectivity index (χ0v) is 12.8. The molecule has 3 rings (SSSR count). The van der Waals surface area contributed by atoms with E-state index < -0.39 is 0 Å². The normalized spacial score (nSPS) is 10.6. The summed E-state index contributed by atoms with van der Waals surface area (Å²) in [5, 5.41) is 2.09. The molecule has 21 heavy (non-hydrogen) atoms. The van der Waals surface area contributed by atoms with Crippen LogP contribution in [0.4, 0.5) is 0 Å². The van der Waals surface area contributed by atoms with Gasteiger partial charge < -0.3 is 10.3 Å². The van der Waals surface area contributed by atoms with E-state index in [1.54, 1.807) is 11.3 Å². The minimum absolute atomic E-state index is 0.400. The van der Waals surface area contributed by atoms with E-state index >= 15 is 0 Å². The van der Waals surface area contributed by atoms with E-state index in [9.17, 15) is 0 Å². The standard InChI is InChI=1S/C17H17N3S/c1-2-17-19-15-7-3-4-8-16(15)20(17)11-14-10-13(12-21-14)6-5-9-18/h3-4,7-8,10,12H,2,9,11,18H2,1H3. The Morgan fingerprint density at radius 3 is 3.00 bits per heavy atom. The first-order chi connectivity index (χ1) is 10.3. The maximum atomic E-state index is 5.41. The fourth-order valence-electron chi connectivity index (χ4n) is 2.41. The summed E-state index contributed by atoms with van der Waals surface area (Å²) in [6.45, 7) is 3.39. The van der Waals surface area contributed by atoms with Crippen molar-refractivity contribution in [1.29, 1.82) is 0 Å². The lowest BCUT2D eigenvalue weighted by Gasteiger charge is -2.06. The third-order valence-electron chi connectivity index (χ3n) is 3.35. The molecule has 2 heterocycles. The minimum Gasteiger partial charge on any atom is -0.323 e. The molecule has 1 aromatic carbocycles. The average molecular weight is 295 g/mol. The van der Waals surface area contributed by atoms with Crippen molar-refractivity contribution < 1.29 is 0 Å². The Balaban J connectivity index is 1.95. The van der Waals surface area contributed by atoms with Gasteiger partial charge in [-0.15, -0.1) is 11.3 Å². The van der Waals surface area contributed by atoms with Crippen molar-refractivity contribution >= 4 is 22.4 Å². The number of thiophene rings is 1. The Morgan fingerprint density at radius 1 is 1.33 bits per heavy atom. The number of para-hydroxylation sites is 2. The second-order valence-corrected chi connectivity index (χ2v) is 5.76. The van der Waals surface area contributed by atoms with E-state index in [0.29, 0.717) is 6.54 Å². The molecule has 3 nitrogen and oxygen atoms in total. The van der Waals surface area contributed by atoms with E-state index in [2.05, 4.69) is 53.0 Å². The molecule has 0 aliphatic carbocycles. The highest BCUT2D eigenvalue weighted by molar-refractivity contribution is 7.10. The molecule has 0 saturated heterocycles. The van der Waals surface area contributed by atoms with Crippen LogP contribution in [0.2, 0.25) is 0 Å². The fourth-order valence-corrected chi connectivity index (χ4v) is 3.21. The van der Waals surface area contributed by atoms with Crippen LogP contribution in [0, 0.1) is 11.8 Å². The molecule has 0 atom stereocenters. The van der Waals surface area contributed by atoms with Crippen molar-refractivity contribution in [3.8, 4) is 11.8 Å². The van der Waals surface area contributed by atoms with Gasteiger partial charge in [-0.3, -0.25) is 0 Å². The summed E-state index contributed by atoms with van der Waals surface area (Å²) in [6, 6.07) is 10.4. The predicted molar refractivity (Wildman–Crippen MR) is 88.5 cm³/mol. The highest BCUT2D eigenvalue weighted by Gasteiger charge is 2.10. The van der Waals surface area contributed by atoms with Gasteiger partial charge >= 0.3 is 0 Å². The number of benzene rings is 1. The third kappa shape index (κ3) is 2.85. The van der Waals surface area contributed by atoms with Crippen LogP contribution in [0.5, 0.6) is 0 Å². The molecule has 0 aliphatic rings. The van der Waals surface area contributed by atoms with Gasteiger partial charge in [0.25, 0.3) is 0 Å². The van der Waals surface area contributed by atoms with Crippen molar-refractivity contribution in [2.75, 3.05) is 6.54 Å². The van der Waals surface area contributed by atoms with Gasteiger partial charge in [0.1, 0.15) is 5.82 Å². The van der Waals surface area contributed by atoms with Crippen LogP contribution in [0.25, 0.3) is 11.0 Å². The first-order valence-corrected chi connectivity index (χ1v) is 7.90. The van der Waals surface area contributed by atoms with Crippen molar-refractivity contribution in [2.24, 2.45) is 5.73 Å². The molecule has 4 heteroatoms. The van der Waals surface area contributed by atoms with E-state index in [4.69, 9.17) is 10.7 Å². The summed E-state index contributed by atoms with van der Waals surface area (Å²) in [6.07, 6.45) is 0.930. The minimum atomic E-state index is 0.400. The molecule has 0 unspecified atom stereocenters. The topological polar surface area (TPSA) is 43.8 Å². The van der Waals surface area contributed by atoms with Gasteiger partial charge in [-0.1, -0.05) is 30.9 Å². The van der Waals surface area contributed by atoms with E-state index in [1.165, 1.54) is 10.4 Å². The Hall–Kier alpha value is -2.09. The highest BCUT2D eigenvalue weighted by Crippen LogP contribution is 2.21. The van der Waals surface area contributed by atoms with Crippen LogP contribution >= 0.6 is 11.3 Å². The van der Waals surface area contributed by atoms with Gasteiger partial charge in [-0.05, 0) is 18.2 Å². The fraction of sp³-hybridized carbons (Fsp3) is 0.235. The monoisotopic (exact) mass is 295 g/mol. The van der Waals surface area contributed by atoms with Crippen LogP contribution in [0.3, 0.4) is 0 Å². The molecule has 106 valence electrons. The number of rotatable bonds is 3. The zero-order valence-electron chi connectivity index (χ0n) is 12.0. The van der Waals surface area contributed by atoms with Crippen LogP contribution in [-0.4, -0.2) is 16.1 Å². The van der Waals surface area contributed by atoms with Gasteiger partial charge in [0.05, 0.1) is 24.1 Å². The molecule has 2 aromatic heterocycles. The number of nitrogens with zero attached hydrogens (tertiary/aromatic N) is 2. The predicted octanol–water partition coefficient (Wildman–Crippen LogP) is 3.02. The van der Waals surface area contributed by atoms with Crippen molar-refractivity contribution in [1.82, 2.24) is 9.55 Å². The summed E-state index contributed by atoms with van der Waals surface area (Å²) in [5.74, 6) is 7.10. The average Bonchev–Trinajstić information content (AvgIpc) is 3.10. The molecular weight excluding hydrogens is 278 g/mol. The van der Waals surface area contributed by atoms with Crippen LogP contribution in [-0.2, 0) is 13.0 Å². The Kier molecular flexibility index (Phi) is 4.05. The van der Waals surface area contributed by atoms with Gasteiger partial charge in [0.15, 0.2) is 0 Å².